The number of benzene rings is 2. The van der Waals surface area contributed by atoms with Crippen molar-refractivity contribution in [2.24, 2.45) is 11.3 Å². The standard InChI is InChI=1S/C30H34F3N3O4/c1-19(2)25-27(39)36(24(22-15-11-8-12-16-22)18-34(25)28(40)29(4,5)6)35(20(3)37)23(26(38)30(31,32)33)17-21-13-9-7-10-14-21/h7-16,18-19,23,25H,17H2,1-6H3. The molecule has 0 aliphatic carbocycles. The average molecular weight is 558 g/mol. The molecule has 3 rings (SSSR count). The normalized spacial score (nSPS) is 17.0. The van der Waals surface area contributed by atoms with Crippen LogP contribution in [0.2, 0.25) is 0 Å². The molecule has 1 heterocycles. The Morgan fingerprint density at radius 1 is 0.925 bits per heavy atom. The number of rotatable bonds is 7. The van der Waals surface area contributed by atoms with Gasteiger partial charge in [0.05, 0.1) is 5.70 Å². The van der Waals surface area contributed by atoms with Crippen LogP contribution in [-0.4, -0.2) is 56.7 Å². The van der Waals surface area contributed by atoms with Gasteiger partial charge in [-0.1, -0.05) is 95.3 Å². The molecular formula is C30H34F3N3O4. The number of nitrogens with zero attached hydrogens (tertiary/aromatic N) is 3. The smallest absolute Gasteiger partial charge is 0.304 e. The van der Waals surface area contributed by atoms with E-state index in [-0.39, 0.29) is 11.6 Å². The van der Waals surface area contributed by atoms with Gasteiger partial charge in [-0.2, -0.15) is 13.2 Å². The molecule has 7 nitrogen and oxygen atoms in total. The molecule has 10 heteroatoms. The number of hydrogen-bond acceptors (Lipinski definition) is 4. The highest BCUT2D eigenvalue weighted by Gasteiger charge is 2.52. The summed E-state index contributed by atoms with van der Waals surface area (Å²) in [6, 6.07) is 13.0. The molecule has 0 saturated heterocycles. The van der Waals surface area contributed by atoms with Crippen molar-refractivity contribution in [3.63, 3.8) is 0 Å². The number of Topliss-reactive ketones (excluding diaryl/α,β-unsaturated/α-hetero) is 1. The van der Waals surface area contributed by atoms with Crippen molar-refractivity contribution < 1.29 is 32.3 Å². The van der Waals surface area contributed by atoms with E-state index in [1.807, 2.05) is 0 Å². The fraction of sp³-hybridized carbons (Fsp3) is 0.400. The van der Waals surface area contributed by atoms with E-state index in [2.05, 4.69) is 0 Å². The predicted octanol–water partition coefficient (Wildman–Crippen LogP) is 5.23. The van der Waals surface area contributed by atoms with Crippen molar-refractivity contribution in [2.45, 2.75) is 66.2 Å². The van der Waals surface area contributed by atoms with E-state index in [1.165, 1.54) is 11.1 Å². The summed E-state index contributed by atoms with van der Waals surface area (Å²) in [5.41, 5.74) is -0.149. The lowest BCUT2D eigenvalue weighted by atomic mass is 9.90. The number of ketones is 1. The molecule has 1 aliphatic heterocycles. The molecule has 0 radical (unpaired) electrons. The van der Waals surface area contributed by atoms with Gasteiger partial charge in [0.1, 0.15) is 12.1 Å². The zero-order valence-electron chi connectivity index (χ0n) is 23.4. The Morgan fingerprint density at radius 2 is 1.45 bits per heavy atom. The largest absolute Gasteiger partial charge is 0.452 e. The maximum absolute atomic E-state index is 14.3. The van der Waals surface area contributed by atoms with Crippen LogP contribution in [0.3, 0.4) is 0 Å². The summed E-state index contributed by atoms with van der Waals surface area (Å²) in [5, 5.41) is 1.45. The monoisotopic (exact) mass is 557 g/mol. The third-order valence-electron chi connectivity index (χ3n) is 6.52. The van der Waals surface area contributed by atoms with Gasteiger partial charge in [-0.05, 0) is 11.5 Å². The van der Waals surface area contributed by atoms with Crippen LogP contribution in [0.5, 0.6) is 0 Å². The lowest BCUT2D eigenvalue weighted by Gasteiger charge is -2.47. The summed E-state index contributed by atoms with van der Waals surface area (Å²) in [6.45, 7) is 9.49. The first-order chi connectivity index (χ1) is 18.6. The zero-order chi connectivity index (χ0) is 30.0. The minimum Gasteiger partial charge on any atom is -0.304 e. The first kappa shape index (κ1) is 30.6. The van der Waals surface area contributed by atoms with Crippen molar-refractivity contribution in [2.75, 3.05) is 0 Å². The van der Waals surface area contributed by atoms with Crippen LogP contribution in [0, 0.1) is 11.3 Å². The highest BCUT2D eigenvalue weighted by atomic mass is 19.4. The summed E-state index contributed by atoms with van der Waals surface area (Å²) >= 11 is 0. The highest BCUT2D eigenvalue weighted by Crippen LogP contribution is 2.36. The van der Waals surface area contributed by atoms with Gasteiger partial charge in [0.25, 0.3) is 11.7 Å². The number of hydrogen-bond donors (Lipinski definition) is 0. The second-order valence-electron chi connectivity index (χ2n) is 11.1. The Morgan fingerprint density at radius 3 is 1.90 bits per heavy atom. The van der Waals surface area contributed by atoms with Crippen molar-refractivity contribution in [3.05, 3.63) is 78.0 Å². The van der Waals surface area contributed by atoms with Gasteiger partial charge in [0.2, 0.25) is 11.8 Å². The second-order valence-corrected chi connectivity index (χ2v) is 11.1. The summed E-state index contributed by atoms with van der Waals surface area (Å²) in [7, 11) is 0. The van der Waals surface area contributed by atoms with E-state index in [1.54, 1.807) is 95.3 Å². The van der Waals surface area contributed by atoms with Gasteiger partial charge in [0, 0.05) is 30.5 Å². The topological polar surface area (TPSA) is 78.0 Å². The van der Waals surface area contributed by atoms with Gasteiger partial charge in [-0.3, -0.25) is 19.2 Å². The second kappa shape index (κ2) is 11.7. The van der Waals surface area contributed by atoms with Crippen molar-refractivity contribution in [1.29, 1.82) is 0 Å². The third-order valence-corrected chi connectivity index (χ3v) is 6.52. The molecule has 0 fully saturated rings. The van der Waals surface area contributed by atoms with Crippen LogP contribution < -0.4 is 0 Å². The Labute approximate surface area is 232 Å². The van der Waals surface area contributed by atoms with E-state index < -0.39 is 53.6 Å². The van der Waals surface area contributed by atoms with Crippen molar-refractivity contribution in [1.82, 2.24) is 14.9 Å². The average Bonchev–Trinajstić information content (AvgIpc) is 2.87. The maximum atomic E-state index is 14.3. The number of amides is 3. The van der Waals surface area contributed by atoms with Crippen LogP contribution in [0.15, 0.2) is 66.9 Å². The third kappa shape index (κ3) is 6.43. The summed E-state index contributed by atoms with van der Waals surface area (Å²) < 4.78 is 41.9. The van der Waals surface area contributed by atoms with E-state index in [0.29, 0.717) is 16.1 Å². The van der Waals surface area contributed by atoms with E-state index in [4.69, 9.17) is 0 Å². The SMILES string of the molecule is CC(=O)N(C(Cc1ccccc1)C(=O)C(F)(F)F)N1C(=O)C(C(C)C)N(C(=O)C(C)(C)C)C=C1c1ccccc1. The lowest BCUT2D eigenvalue weighted by molar-refractivity contribution is -0.187. The fourth-order valence-electron chi connectivity index (χ4n) is 4.65. The molecule has 1 aliphatic rings. The number of halogens is 3. The number of carbonyl (C=O) groups excluding carboxylic acids is 4. The first-order valence-electron chi connectivity index (χ1n) is 12.9. The summed E-state index contributed by atoms with van der Waals surface area (Å²) in [4.78, 5) is 55.1. The summed E-state index contributed by atoms with van der Waals surface area (Å²) in [6.07, 6.45) is -4.38. The molecule has 2 atom stereocenters. The molecule has 0 bridgehead atoms. The van der Waals surface area contributed by atoms with Gasteiger partial charge < -0.3 is 4.90 Å². The van der Waals surface area contributed by atoms with Gasteiger partial charge >= 0.3 is 6.18 Å². The minimum atomic E-state index is -5.28. The van der Waals surface area contributed by atoms with Crippen LogP contribution in [-0.2, 0) is 25.6 Å². The fourth-order valence-corrected chi connectivity index (χ4v) is 4.65. The van der Waals surface area contributed by atoms with Gasteiger partial charge in [-0.15, -0.1) is 0 Å². The van der Waals surface area contributed by atoms with Crippen molar-refractivity contribution >= 4 is 29.2 Å². The van der Waals surface area contributed by atoms with E-state index in [0.717, 1.165) is 11.9 Å². The molecule has 2 unspecified atom stereocenters. The molecule has 0 N–H and O–H groups in total. The maximum Gasteiger partial charge on any atom is 0.452 e. The van der Waals surface area contributed by atoms with Gasteiger partial charge in [-0.25, -0.2) is 10.0 Å². The highest BCUT2D eigenvalue weighted by molar-refractivity contribution is 6.01. The molecule has 0 saturated carbocycles. The van der Waals surface area contributed by atoms with Crippen LogP contribution in [0.4, 0.5) is 13.2 Å². The predicted molar refractivity (Wildman–Crippen MR) is 144 cm³/mol. The molecule has 0 aromatic heterocycles. The van der Waals surface area contributed by atoms with Crippen LogP contribution in [0.1, 0.15) is 52.7 Å². The molecule has 2 aromatic carbocycles. The van der Waals surface area contributed by atoms with Crippen molar-refractivity contribution in [3.8, 4) is 0 Å². The molecule has 214 valence electrons. The molecule has 3 amide bonds. The number of alkyl halides is 3. The summed E-state index contributed by atoms with van der Waals surface area (Å²) in [5.74, 6) is -4.76. The number of hydrazine groups is 1. The van der Waals surface area contributed by atoms with Crippen LogP contribution in [0.25, 0.3) is 5.70 Å². The number of carbonyl (C=O) groups is 4. The molecule has 2 aromatic rings. The van der Waals surface area contributed by atoms with E-state index in [9.17, 15) is 32.3 Å². The molecule has 0 spiro atoms. The Balaban J connectivity index is 2.31. The van der Waals surface area contributed by atoms with Gasteiger partial charge in [0.15, 0.2) is 0 Å². The lowest BCUT2D eigenvalue weighted by Crippen LogP contribution is -2.65. The Kier molecular flexibility index (Phi) is 8.91. The molecule has 40 heavy (non-hydrogen) atoms. The van der Waals surface area contributed by atoms with Crippen LogP contribution >= 0.6 is 0 Å². The first-order valence-corrected chi connectivity index (χ1v) is 12.9. The van der Waals surface area contributed by atoms with E-state index >= 15 is 0 Å². The Hall–Kier alpha value is -3.95. The Bertz CT molecular complexity index is 1280. The minimum absolute atomic E-state index is 0.00309. The zero-order valence-corrected chi connectivity index (χ0v) is 23.4. The quantitative estimate of drug-likeness (QED) is 0.467. The molecular weight excluding hydrogens is 523 g/mol.